The number of aliphatic hydroxyl groups is 1. The molecule has 1 aromatic rings. The van der Waals surface area contributed by atoms with Crippen LogP contribution in [0, 0.1) is 0 Å². The highest BCUT2D eigenvalue weighted by molar-refractivity contribution is 7.89. The van der Waals surface area contributed by atoms with E-state index >= 15 is 0 Å². The van der Waals surface area contributed by atoms with Crippen molar-refractivity contribution >= 4 is 15.9 Å². The van der Waals surface area contributed by atoms with Crippen LogP contribution in [0.1, 0.15) is 10.4 Å². The SMILES string of the molecule is CN1CCN(C(=O)c2ccc(S(N)(=O)=O)cc2)CC1CO. The molecule has 1 aliphatic heterocycles. The van der Waals surface area contributed by atoms with Crippen molar-refractivity contribution in [2.45, 2.75) is 10.9 Å². The summed E-state index contributed by atoms with van der Waals surface area (Å²) in [6.07, 6.45) is 0. The lowest BCUT2D eigenvalue weighted by atomic mass is 10.1. The van der Waals surface area contributed by atoms with Gasteiger partial charge >= 0.3 is 0 Å². The number of benzene rings is 1. The Hall–Kier alpha value is -1.48. The monoisotopic (exact) mass is 313 g/mol. The van der Waals surface area contributed by atoms with E-state index < -0.39 is 10.0 Å². The number of amides is 1. The van der Waals surface area contributed by atoms with Crippen molar-refractivity contribution in [3.63, 3.8) is 0 Å². The fourth-order valence-electron chi connectivity index (χ4n) is 2.30. The van der Waals surface area contributed by atoms with Gasteiger partial charge in [-0.25, -0.2) is 13.6 Å². The van der Waals surface area contributed by atoms with Gasteiger partial charge in [-0.3, -0.25) is 9.69 Å². The summed E-state index contributed by atoms with van der Waals surface area (Å²) in [4.78, 5) is 16.0. The van der Waals surface area contributed by atoms with E-state index in [0.717, 1.165) is 0 Å². The Morgan fingerprint density at radius 1 is 1.33 bits per heavy atom. The largest absolute Gasteiger partial charge is 0.395 e. The minimum absolute atomic E-state index is 0.00929. The van der Waals surface area contributed by atoms with E-state index in [0.29, 0.717) is 25.2 Å². The molecule has 1 saturated heterocycles. The van der Waals surface area contributed by atoms with Crippen LogP contribution in [-0.4, -0.2) is 68.6 Å². The maximum atomic E-state index is 12.4. The van der Waals surface area contributed by atoms with Crippen molar-refractivity contribution in [2.24, 2.45) is 5.14 Å². The van der Waals surface area contributed by atoms with Crippen LogP contribution < -0.4 is 5.14 Å². The summed E-state index contributed by atoms with van der Waals surface area (Å²) in [7, 11) is -1.85. The highest BCUT2D eigenvalue weighted by Gasteiger charge is 2.27. The van der Waals surface area contributed by atoms with Gasteiger partial charge in [-0.15, -0.1) is 0 Å². The van der Waals surface area contributed by atoms with Crippen molar-refractivity contribution in [3.05, 3.63) is 29.8 Å². The topological polar surface area (TPSA) is 104 Å². The number of likely N-dealkylation sites (N-methyl/N-ethyl adjacent to an activating group) is 1. The average molecular weight is 313 g/mol. The van der Waals surface area contributed by atoms with E-state index in [1.165, 1.54) is 24.3 Å². The summed E-state index contributed by atoms with van der Waals surface area (Å²) in [5.74, 6) is -0.178. The third-order valence-corrected chi connectivity index (χ3v) is 4.63. The Kier molecular flexibility index (Phi) is 4.62. The van der Waals surface area contributed by atoms with Gasteiger partial charge in [0.1, 0.15) is 0 Å². The van der Waals surface area contributed by atoms with Gasteiger partial charge in [-0.05, 0) is 31.3 Å². The lowest BCUT2D eigenvalue weighted by Gasteiger charge is -2.38. The Balaban J connectivity index is 2.13. The Bertz CT molecular complexity index is 615. The summed E-state index contributed by atoms with van der Waals surface area (Å²) in [5.41, 5.74) is 0.406. The van der Waals surface area contributed by atoms with E-state index in [-0.39, 0.29) is 23.5 Å². The second-order valence-corrected chi connectivity index (χ2v) is 6.70. The highest BCUT2D eigenvalue weighted by Crippen LogP contribution is 2.14. The second-order valence-electron chi connectivity index (χ2n) is 5.14. The molecule has 0 aliphatic carbocycles. The number of piperazine rings is 1. The van der Waals surface area contributed by atoms with Gasteiger partial charge in [-0.1, -0.05) is 0 Å². The zero-order chi connectivity index (χ0) is 15.6. The summed E-state index contributed by atoms with van der Waals surface area (Å²) < 4.78 is 22.4. The van der Waals surface area contributed by atoms with Crippen LogP contribution in [0.2, 0.25) is 0 Å². The minimum atomic E-state index is -3.75. The van der Waals surface area contributed by atoms with Crippen LogP contribution in [0.3, 0.4) is 0 Å². The molecule has 1 amide bonds. The van der Waals surface area contributed by atoms with E-state index in [2.05, 4.69) is 0 Å². The Labute approximate surface area is 124 Å². The highest BCUT2D eigenvalue weighted by atomic mass is 32.2. The fraction of sp³-hybridized carbons (Fsp3) is 0.462. The standard InChI is InChI=1S/C13H19N3O4S/c1-15-6-7-16(8-11(15)9-17)13(18)10-2-4-12(5-3-10)21(14,19)20/h2-5,11,17H,6-9H2,1H3,(H2,14,19,20). The fourth-order valence-corrected chi connectivity index (χ4v) is 2.81. The molecule has 1 aliphatic rings. The molecular formula is C13H19N3O4S. The number of sulfonamides is 1. The third kappa shape index (κ3) is 3.59. The first kappa shape index (κ1) is 15.9. The summed E-state index contributed by atoms with van der Waals surface area (Å²) in [5, 5.41) is 14.3. The number of aliphatic hydroxyl groups excluding tert-OH is 1. The Morgan fingerprint density at radius 2 is 1.95 bits per heavy atom. The van der Waals surface area contributed by atoms with Crippen LogP contribution in [-0.2, 0) is 10.0 Å². The number of carbonyl (C=O) groups excluding carboxylic acids is 1. The molecule has 1 unspecified atom stereocenters. The maximum absolute atomic E-state index is 12.4. The summed E-state index contributed by atoms with van der Waals surface area (Å²) >= 11 is 0. The summed E-state index contributed by atoms with van der Waals surface area (Å²) in [6.45, 7) is 1.70. The molecule has 0 radical (unpaired) electrons. The molecular weight excluding hydrogens is 294 g/mol. The lowest BCUT2D eigenvalue weighted by Crippen LogP contribution is -2.54. The number of hydrogen-bond acceptors (Lipinski definition) is 5. The number of rotatable bonds is 3. The molecule has 1 heterocycles. The van der Waals surface area contributed by atoms with Gasteiger partial charge in [0.2, 0.25) is 10.0 Å². The van der Waals surface area contributed by atoms with E-state index in [1.807, 2.05) is 11.9 Å². The van der Waals surface area contributed by atoms with Crippen LogP contribution in [0.15, 0.2) is 29.2 Å². The van der Waals surface area contributed by atoms with Crippen LogP contribution in [0.4, 0.5) is 0 Å². The predicted molar refractivity (Wildman–Crippen MR) is 77.2 cm³/mol. The van der Waals surface area contributed by atoms with Crippen LogP contribution >= 0.6 is 0 Å². The van der Waals surface area contributed by atoms with Gasteiger partial charge in [0.05, 0.1) is 17.5 Å². The molecule has 8 heteroatoms. The number of nitrogens with two attached hydrogens (primary N) is 1. The van der Waals surface area contributed by atoms with Crippen LogP contribution in [0.25, 0.3) is 0 Å². The molecule has 7 nitrogen and oxygen atoms in total. The number of hydrogen-bond donors (Lipinski definition) is 2. The molecule has 21 heavy (non-hydrogen) atoms. The van der Waals surface area contributed by atoms with Gasteiger partial charge in [0.25, 0.3) is 5.91 Å². The number of carbonyl (C=O) groups is 1. The van der Waals surface area contributed by atoms with Gasteiger partial charge in [0.15, 0.2) is 0 Å². The van der Waals surface area contributed by atoms with Crippen molar-refractivity contribution in [3.8, 4) is 0 Å². The second kappa shape index (κ2) is 6.10. The van der Waals surface area contributed by atoms with Gasteiger partial charge in [0, 0.05) is 25.2 Å². The molecule has 1 fully saturated rings. The molecule has 0 spiro atoms. The smallest absolute Gasteiger partial charge is 0.253 e. The predicted octanol–water partition coefficient (Wildman–Crippen LogP) is -0.917. The van der Waals surface area contributed by atoms with Crippen molar-refractivity contribution in [1.29, 1.82) is 0 Å². The molecule has 0 aromatic heterocycles. The minimum Gasteiger partial charge on any atom is -0.395 e. The van der Waals surface area contributed by atoms with Gasteiger partial charge in [-0.2, -0.15) is 0 Å². The molecule has 0 bridgehead atoms. The van der Waals surface area contributed by atoms with E-state index in [9.17, 15) is 18.3 Å². The molecule has 2 rings (SSSR count). The van der Waals surface area contributed by atoms with Gasteiger partial charge < -0.3 is 10.0 Å². The first-order valence-corrected chi connectivity index (χ1v) is 8.11. The van der Waals surface area contributed by atoms with Crippen molar-refractivity contribution in [2.75, 3.05) is 33.3 Å². The lowest BCUT2D eigenvalue weighted by molar-refractivity contribution is 0.0421. The molecule has 1 atom stereocenters. The van der Waals surface area contributed by atoms with E-state index in [4.69, 9.17) is 5.14 Å². The average Bonchev–Trinajstić information content (AvgIpc) is 2.46. The zero-order valence-electron chi connectivity index (χ0n) is 11.8. The van der Waals surface area contributed by atoms with Crippen molar-refractivity contribution < 1.29 is 18.3 Å². The molecule has 116 valence electrons. The zero-order valence-corrected chi connectivity index (χ0v) is 12.6. The number of nitrogens with zero attached hydrogens (tertiary/aromatic N) is 2. The van der Waals surface area contributed by atoms with Crippen molar-refractivity contribution in [1.82, 2.24) is 9.80 Å². The third-order valence-electron chi connectivity index (χ3n) is 3.70. The summed E-state index contributed by atoms with van der Waals surface area (Å²) in [6, 6.07) is 5.47. The van der Waals surface area contributed by atoms with E-state index in [1.54, 1.807) is 4.90 Å². The normalized spacial score (nSPS) is 20.5. The Morgan fingerprint density at radius 3 is 2.48 bits per heavy atom. The van der Waals surface area contributed by atoms with Crippen LogP contribution in [0.5, 0.6) is 0 Å². The maximum Gasteiger partial charge on any atom is 0.253 e. The molecule has 0 saturated carbocycles. The number of primary sulfonamides is 1. The molecule has 3 N–H and O–H groups in total. The first-order chi connectivity index (χ1) is 9.82. The quantitative estimate of drug-likeness (QED) is 0.751. The first-order valence-electron chi connectivity index (χ1n) is 6.56. The molecule has 1 aromatic carbocycles.